The van der Waals surface area contributed by atoms with Crippen LogP contribution in [0.25, 0.3) is 33.6 Å². The monoisotopic (exact) mass is 566 g/mol. The maximum Gasteiger partial charge on any atom is 2.00 e. The summed E-state index contributed by atoms with van der Waals surface area (Å²) in [7, 11) is 0. The van der Waals surface area contributed by atoms with E-state index >= 15 is 0 Å². The minimum atomic E-state index is -0.112. The molecule has 0 aliphatic carbocycles. The predicted molar refractivity (Wildman–Crippen MR) is 141 cm³/mol. The molecule has 4 heterocycles. The van der Waals surface area contributed by atoms with Crippen molar-refractivity contribution in [2.24, 2.45) is 0 Å². The molecule has 37 heavy (non-hydrogen) atoms. The molecule has 6 aromatic rings. The molecular weight excluding hydrogens is 550 g/mol. The second-order valence-corrected chi connectivity index (χ2v) is 8.95. The molecule has 2 aliphatic heterocycles. The van der Waals surface area contributed by atoms with E-state index in [1.165, 1.54) is 33.6 Å². The Balaban J connectivity index is 0.00000231. The summed E-state index contributed by atoms with van der Waals surface area (Å²) in [5.41, 5.74) is 11.0. The Kier molecular flexibility index (Phi) is 5.00. The third kappa shape index (κ3) is 3.20. The van der Waals surface area contributed by atoms with Crippen molar-refractivity contribution < 1.29 is 20.4 Å². The number of aromatic nitrogens is 5. The minimum Gasteiger partial charge on any atom is -0.381 e. The van der Waals surface area contributed by atoms with Crippen LogP contribution in [0.2, 0.25) is 0 Å². The fourth-order valence-electron chi connectivity index (χ4n) is 5.55. The topological polar surface area (TPSA) is 51.8 Å². The quantitative estimate of drug-likeness (QED) is 0.235. The van der Waals surface area contributed by atoms with Gasteiger partial charge >= 0.3 is 20.4 Å². The molecule has 2 aromatic heterocycles. The van der Waals surface area contributed by atoms with Crippen molar-refractivity contribution in [2.45, 2.75) is 0 Å². The molecule has 8 heteroatoms. The van der Waals surface area contributed by atoms with Gasteiger partial charge in [0, 0.05) is 30.0 Å². The smallest absolute Gasteiger partial charge is 0.381 e. The first-order chi connectivity index (χ1) is 17.9. The van der Waals surface area contributed by atoms with Gasteiger partial charge in [-0.25, -0.2) is 4.68 Å². The third-order valence-electron chi connectivity index (χ3n) is 7.05. The van der Waals surface area contributed by atoms with Crippen LogP contribution >= 0.6 is 0 Å². The van der Waals surface area contributed by atoms with Crippen LogP contribution in [0.5, 0.6) is 0 Å². The van der Waals surface area contributed by atoms with Crippen molar-refractivity contribution in [1.82, 2.24) is 24.8 Å². The number of rotatable bonds is 2. The van der Waals surface area contributed by atoms with Gasteiger partial charge in [-0.15, -0.1) is 28.4 Å². The van der Waals surface area contributed by atoms with Crippen LogP contribution in [-0.2, 0) is 20.4 Å². The first-order valence-electron chi connectivity index (χ1n) is 11.8. The van der Waals surface area contributed by atoms with Crippen LogP contribution in [0.3, 0.4) is 0 Å². The molecule has 0 saturated heterocycles. The van der Waals surface area contributed by atoms with Gasteiger partial charge in [-0.3, -0.25) is 4.68 Å². The van der Waals surface area contributed by atoms with Crippen molar-refractivity contribution >= 4 is 29.1 Å². The summed E-state index contributed by atoms with van der Waals surface area (Å²) < 4.78 is 3.62. The molecule has 0 saturated carbocycles. The fourth-order valence-corrected chi connectivity index (χ4v) is 5.55. The molecule has 8 rings (SSSR count). The van der Waals surface area contributed by atoms with Gasteiger partial charge < -0.3 is 4.81 Å². The van der Waals surface area contributed by atoms with Crippen molar-refractivity contribution in [3.05, 3.63) is 116 Å². The largest absolute Gasteiger partial charge is 2.00 e. The molecule has 0 bridgehead atoms. The van der Waals surface area contributed by atoms with E-state index in [4.69, 9.17) is 0 Å². The summed E-state index contributed by atoms with van der Waals surface area (Å²) >= 11 is 0. The van der Waals surface area contributed by atoms with Crippen LogP contribution in [0.15, 0.2) is 104 Å². The van der Waals surface area contributed by atoms with Gasteiger partial charge in [-0.2, -0.15) is 40.3 Å². The molecule has 176 valence electrons. The first-order valence-corrected chi connectivity index (χ1v) is 11.8. The van der Waals surface area contributed by atoms with Gasteiger partial charge in [-0.1, -0.05) is 52.7 Å². The van der Waals surface area contributed by atoms with Crippen LogP contribution in [0.1, 0.15) is 0 Å². The second kappa shape index (κ2) is 8.41. The van der Waals surface area contributed by atoms with Crippen LogP contribution < -0.4 is 15.7 Å². The van der Waals surface area contributed by atoms with E-state index in [1.54, 1.807) is 17.1 Å². The molecular formula is C29H17BN6Pd. The van der Waals surface area contributed by atoms with Crippen molar-refractivity contribution in [3.8, 4) is 33.6 Å². The normalized spacial score (nSPS) is 12.5. The third-order valence-corrected chi connectivity index (χ3v) is 7.05. The maximum atomic E-state index is 4.46. The molecule has 0 radical (unpaired) electrons. The Labute approximate surface area is 227 Å². The van der Waals surface area contributed by atoms with Crippen LogP contribution in [0.4, 0.5) is 11.4 Å². The zero-order valence-corrected chi connectivity index (χ0v) is 20.9. The molecule has 6 nitrogen and oxygen atoms in total. The van der Waals surface area contributed by atoms with E-state index in [0.29, 0.717) is 0 Å². The minimum absolute atomic E-state index is 0. The Morgan fingerprint density at radius 1 is 0.595 bits per heavy atom. The molecule has 2 aliphatic rings. The van der Waals surface area contributed by atoms with E-state index in [9.17, 15) is 0 Å². The number of benzene rings is 4. The SMILES string of the molecule is [Pd+2].[c-]1c(-n2cccn2)ccc2c1B1c3[c-]c(-n4ccnn4)ccc3-c3ccccc3N1c1ccccc1-2. The molecule has 0 atom stereocenters. The van der Waals surface area contributed by atoms with E-state index in [0.717, 1.165) is 22.3 Å². The fraction of sp³-hybridized carbons (Fsp3) is 0. The zero-order valence-electron chi connectivity index (χ0n) is 19.4. The molecule has 0 fully saturated rings. The molecule has 0 amide bonds. The van der Waals surface area contributed by atoms with Gasteiger partial charge in [0.25, 0.3) is 6.85 Å². The molecule has 0 N–H and O–H groups in total. The Bertz CT molecular complexity index is 1630. The van der Waals surface area contributed by atoms with Crippen LogP contribution in [0, 0.1) is 12.1 Å². The summed E-state index contributed by atoms with van der Waals surface area (Å²) in [5, 5.41) is 12.7. The van der Waals surface area contributed by atoms with Gasteiger partial charge in [-0.05, 0) is 29.6 Å². The summed E-state index contributed by atoms with van der Waals surface area (Å²) in [5.74, 6) is 0. The Morgan fingerprint density at radius 2 is 1.22 bits per heavy atom. The number of para-hydroxylation sites is 2. The van der Waals surface area contributed by atoms with E-state index < -0.39 is 0 Å². The first kappa shape index (κ1) is 22.0. The van der Waals surface area contributed by atoms with Gasteiger partial charge in [0.15, 0.2) is 0 Å². The van der Waals surface area contributed by atoms with Crippen molar-refractivity contribution in [1.29, 1.82) is 0 Å². The maximum absolute atomic E-state index is 4.46. The number of nitrogens with zero attached hydrogens (tertiary/aromatic N) is 6. The second-order valence-electron chi connectivity index (χ2n) is 8.95. The molecule has 0 unspecified atom stereocenters. The van der Waals surface area contributed by atoms with Gasteiger partial charge in [0.2, 0.25) is 0 Å². The average Bonchev–Trinajstić information content (AvgIpc) is 3.67. The average molecular weight is 567 g/mol. The van der Waals surface area contributed by atoms with Crippen molar-refractivity contribution in [3.63, 3.8) is 0 Å². The summed E-state index contributed by atoms with van der Waals surface area (Å²) in [4.78, 5) is 2.43. The Morgan fingerprint density at radius 3 is 1.78 bits per heavy atom. The Hall–Kier alpha value is -4.24. The predicted octanol–water partition coefficient (Wildman–Crippen LogP) is 3.96. The number of fused-ring (bicyclic) bond motifs is 11. The van der Waals surface area contributed by atoms with Crippen LogP contribution in [-0.4, -0.2) is 31.6 Å². The van der Waals surface area contributed by atoms with E-state index in [1.807, 2.05) is 23.1 Å². The summed E-state index contributed by atoms with van der Waals surface area (Å²) in [6.45, 7) is -0.112. The van der Waals surface area contributed by atoms with E-state index in [2.05, 4.69) is 105 Å². The molecule has 4 aromatic carbocycles. The molecule has 0 spiro atoms. The zero-order chi connectivity index (χ0) is 23.6. The van der Waals surface area contributed by atoms with E-state index in [-0.39, 0.29) is 27.3 Å². The number of hydrogen-bond acceptors (Lipinski definition) is 4. The van der Waals surface area contributed by atoms with Crippen molar-refractivity contribution in [2.75, 3.05) is 4.81 Å². The standard InChI is InChI=1S/C29H17BN6.Pd/c1-3-8-28-24(6-1)22-12-10-20(34-16-5-14-32-34)18-26(22)30-27-19-21(35-17-15-31-33-35)11-13-23(27)25-7-2-4-9-29(25)36(28)30;/h1-17H;/q-2;+2. The van der Waals surface area contributed by atoms with Gasteiger partial charge in [0.05, 0.1) is 6.20 Å². The number of anilines is 2. The van der Waals surface area contributed by atoms with Gasteiger partial charge in [0.1, 0.15) is 0 Å². The summed E-state index contributed by atoms with van der Waals surface area (Å²) in [6, 6.07) is 35.1. The number of hydrogen-bond donors (Lipinski definition) is 0. The summed E-state index contributed by atoms with van der Waals surface area (Å²) in [6.07, 6.45) is 7.27.